The van der Waals surface area contributed by atoms with Crippen molar-refractivity contribution in [1.29, 1.82) is 0 Å². The Labute approximate surface area is 121 Å². The Morgan fingerprint density at radius 1 is 1.52 bits per heavy atom. The molecule has 2 rings (SSSR count). The molecule has 1 aliphatic rings. The smallest absolute Gasteiger partial charge is 0.338 e. The van der Waals surface area contributed by atoms with Gasteiger partial charge in [-0.3, -0.25) is 0 Å². The number of benzene rings is 1. The summed E-state index contributed by atoms with van der Waals surface area (Å²) in [6.07, 6.45) is 1.44. The first-order valence-electron chi connectivity index (χ1n) is 6.34. The van der Waals surface area contributed by atoms with Crippen LogP contribution in [0, 0.1) is 5.82 Å². The molecule has 0 spiro atoms. The maximum Gasteiger partial charge on any atom is 0.338 e. The van der Waals surface area contributed by atoms with Crippen LogP contribution in [0.25, 0.3) is 0 Å². The van der Waals surface area contributed by atoms with Gasteiger partial charge < -0.3 is 15.4 Å². The highest BCUT2D eigenvalue weighted by molar-refractivity contribution is 5.95. The number of amides is 2. The molecule has 0 aliphatic carbocycles. The third-order valence-corrected chi connectivity index (χ3v) is 3.00. The lowest BCUT2D eigenvalue weighted by atomic mass is 9.95. The molecule has 5 nitrogen and oxygen atoms in total. The second-order valence-electron chi connectivity index (χ2n) is 4.51. The molecule has 0 saturated carbocycles. The minimum absolute atomic E-state index is 0.0550. The number of carbonyl (C=O) groups excluding carboxylic acids is 2. The van der Waals surface area contributed by atoms with Crippen LogP contribution in [-0.4, -0.2) is 18.6 Å². The van der Waals surface area contributed by atoms with Crippen molar-refractivity contribution in [2.45, 2.75) is 13.0 Å². The van der Waals surface area contributed by atoms with Gasteiger partial charge in [0.1, 0.15) is 12.4 Å². The Bertz CT molecular complexity index is 625. The molecule has 110 valence electrons. The molecule has 6 heteroatoms. The summed E-state index contributed by atoms with van der Waals surface area (Å²) in [5.74, 6) is -1.04. The van der Waals surface area contributed by atoms with Gasteiger partial charge in [-0.1, -0.05) is 24.8 Å². The van der Waals surface area contributed by atoms with E-state index in [4.69, 9.17) is 4.74 Å². The maximum atomic E-state index is 13.4. The molecule has 0 radical (unpaired) electrons. The summed E-state index contributed by atoms with van der Waals surface area (Å²) >= 11 is 0. The van der Waals surface area contributed by atoms with E-state index in [1.165, 1.54) is 24.3 Å². The molecule has 1 heterocycles. The first-order chi connectivity index (χ1) is 10.0. The largest absolute Gasteiger partial charge is 0.458 e. The van der Waals surface area contributed by atoms with Gasteiger partial charge in [0.05, 0.1) is 11.6 Å². The van der Waals surface area contributed by atoms with E-state index in [0.717, 1.165) is 0 Å². The molecule has 2 N–H and O–H groups in total. The van der Waals surface area contributed by atoms with Crippen LogP contribution in [0.4, 0.5) is 9.18 Å². The summed E-state index contributed by atoms with van der Waals surface area (Å²) in [5, 5.41) is 5.11. The van der Waals surface area contributed by atoms with Gasteiger partial charge in [-0.15, -0.1) is 0 Å². The van der Waals surface area contributed by atoms with Gasteiger partial charge in [0.15, 0.2) is 0 Å². The normalized spacial score (nSPS) is 17.8. The van der Waals surface area contributed by atoms with Crippen molar-refractivity contribution < 1.29 is 18.7 Å². The van der Waals surface area contributed by atoms with Gasteiger partial charge in [0.25, 0.3) is 0 Å². The Morgan fingerprint density at radius 3 is 2.95 bits per heavy atom. The number of urea groups is 1. The minimum Gasteiger partial charge on any atom is -0.458 e. The maximum absolute atomic E-state index is 13.4. The first-order valence-corrected chi connectivity index (χ1v) is 6.34. The highest BCUT2D eigenvalue weighted by atomic mass is 19.1. The van der Waals surface area contributed by atoms with E-state index in [9.17, 15) is 14.0 Å². The van der Waals surface area contributed by atoms with Gasteiger partial charge in [-0.05, 0) is 24.6 Å². The zero-order chi connectivity index (χ0) is 15.4. The minimum atomic E-state index is -0.758. The summed E-state index contributed by atoms with van der Waals surface area (Å²) < 4.78 is 18.4. The second-order valence-corrected chi connectivity index (χ2v) is 4.51. The molecule has 0 unspecified atom stereocenters. The van der Waals surface area contributed by atoms with Gasteiger partial charge in [0.2, 0.25) is 0 Å². The lowest BCUT2D eigenvalue weighted by molar-refractivity contribution is -0.138. The molecule has 1 aromatic rings. The monoisotopic (exact) mass is 290 g/mol. The van der Waals surface area contributed by atoms with Gasteiger partial charge in [0, 0.05) is 5.70 Å². The van der Waals surface area contributed by atoms with E-state index < -0.39 is 23.9 Å². The van der Waals surface area contributed by atoms with E-state index in [-0.39, 0.29) is 12.2 Å². The highest BCUT2D eigenvalue weighted by Crippen LogP contribution is 2.27. The highest BCUT2D eigenvalue weighted by Gasteiger charge is 2.32. The van der Waals surface area contributed by atoms with E-state index in [0.29, 0.717) is 11.3 Å². The van der Waals surface area contributed by atoms with Crippen LogP contribution in [0.15, 0.2) is 48.2 Å². The van der Waals surface area contributed by atoms with Crippen molar-refractivity contribution in [2.75, 3.05) is 6.61 Å². The standard InChI is InChI=1S/C15H15FN2O3/c1-3-7-21-14(19)12-9(2)17-15(20)18-13(12)10-5-4-6-11(16)8-10/h3-6,8,13H,1,7H2,2H3,(H2,17,18,20)/t13-/m1/s1. The number of halogens is 1. The first kappa shape index (κ1) is 14.8. The number of esters is 1. The summed E-state index contributed by atoms with van der Waals surface area (Å²) in [6, 6.07) is 4.49. The zero-order valence-corrected chi connectivity index (χ0v) is 11.5. The van der Waals surface area contributed by atoms with Gasteiger partial charge in [-0.25, -0.2) is 14.0 Å². The van der Waals surface area contributed by atoms with E-state index in [1.807, 2.05) is 0 Å². The van der Waals surface area contributed by atoms with Crippen LogP contribution in [-0.2, 0) is 9.53 Å². The average Bonchev–Trinajstić information content (AvgIpc) is 2.44. The van der Waals surface area contributed by atoms with Crippen molar-refractivity contribution in [2.24, 2.45) is 0 Å². The van der Waals surface area contributed by atoms with E-state index >= 15 is 0 Å². The molecular formula is C15H15FN2O3. The fourth-order valence-corrected chi connectivity index (χ4v) is 2.11. The number of hydrogen-bond donors (Lipinski definition) is 2. The van der Waals surface area contributed by atoms with Crippen molar-refractivity contribution in [3.8, 4) is 0 Å². The molecule has 0 bridgehead atoms. The third-order valence-electron chi connectivity index (χ3n) is 3.00. The topological polar surface area (TPSA) is 67.4 Å². The van der Waals surface area contributed by atoms with Crippen molar-refractivity contribution in [3.63, 3.8) is 0 Å². The van der Waals surface area contributed by atoms with Crippen LogP contribution >= 0.6 is 0 Å². The number of ether oxygens (including phenoxy) is 1. The zero-order valence-electron chi connectivity index (χ0n) is 11.5. The molecule has 1 aromatic carbocycles. The fraction of sp³-hybridized carbons (Fsp3) is 0.200. The lowest BCUT2D eigenvalue weighted by Crippen LogP contribution is -2.45. The number of allylic oxidation sites excluding steroid dienone is 1. The summed E-state index contributed by atoms with van der Waals surface area (Å²) in [5.41, 5.74) is 1.08. The van der Waals surface area contributed by atoms with Crippen LogP contribution in [0.3, 0.4) is 0 Å². The SMILES string of the molecule is C=CCOC(=O)C1=C(C)NC(=O)N[C@@H]1c1cccc(F)c1. The molecule has 1 aliphatic heterocycles. The Balaban J connectivity index is 2.40. The quantitative estimate of drug-likeness (QED) is 0.660. The number of carbonyl (C=O) groups is 2. The predicted octanol–water partition coefficient (Wildman–Crippen LogP) is 2.18. The van der Waals surface area contributed by atoms with Gasteiger partial charge >= 0.3 is 12.0 Å². The molecular weight excluding hydrogens is 275 g/mol. The predicted molar refractivity (Wildman–Crippen MR) is 74.7 cm³/mol. The summed E-state index contributed by atoms with van der Waals surface area (Å²) in [7, 11) is 0. The van der Waals surface area contributed by atoms with Crippen molar-refractivity contribution in [1.82, 2.24) is 10.6 Å². The Kier molecular flexibility index (Phi) is 4.37. The Hall–Kier alpha value is -2.63. The molecule has 1 atom stereocenters. The van der Waals surface area contributed by atoms with Crippen LogP contribution < -0.4 is 10.6 Å². The Morgan fingerprint density at radius 2 is 2.29 bits per heavy atom. The van der Waals surface area contributed by atoms with Crippen LogP contribution in [0.2, 0.25) is 0 Å². The van der Waals surface area contributed by atoms with Crippen LogP contribution in [0.1, 0.15) is 18.5 Å². The van der Waals surface area contributed by atoms with Crippen LogP contribution in [0.5, 0.6) is 0 Å². The molecule has 2 amide bonds. The summed E-state index contributed by atoms with van der Waals surface area (Å²) in [6.45, 7) is 5.12. The second kappa shape index (κ2) is 6.21. The van der Waals surface area contributed by atoms with Crippen molar-refractivity contribution in [3.05, 3.63) is 59.6 Å². The van der Waals surface area contributed by atoms with Crippen molar-refractivity contribution >= 4 is 12.0 Å². The summed E-state index contributed by atoms with van der Waals surface area (Å²) in [4.78, 5) is 23.7. The average molecular weight is 290 g/mol. The lowest BCUT2D eigenvalue weighted by Gasteiger charge is -2.28. The van der Waals surface area contributed by atoms with Gasteiger partial charge in [-0.2, -0.15) is 0 Å². The molecule has 21 heavy (non-hydrogen) atoms. The fourth-order valence-electron chi connectivity index (χ4n) is 2.11. The number of nitrogens with one attached hydrogen (secondary N) is 2. The molecule has 0 saturated heterocycles. The number of rotatable bonds is 4. The molecule has 0 aromatic heterocycles. The van der Waals surface area contributed by atoms with E-state index in [1.54, 1.807) is 13.0 Å². The molecule has 0 fully saturated rings. The number of hydrogen-bond acceptors (Lipinski definition) is 3. The third kappa shape index (κ3) is 3.28. The van der Waals surface area contributed by atoms with E-state index in [2.05, 4.69) is 17.2 Å².